The van der Waals surface area contributed by atoms with E-state index in [9.17, 15) is 29.4 Å². The second-order valence-corrected chi connectivity index (χ2v) is 13.3. The number of carbonyl (C=O) groups is 4. The Balaban J connectivity index is 0.000000312. The number of fused-ring (bicyclic) bond motifs is 1. The molecule has 0 radical (unpaired) electrons. The standard InChI is InChI=1S/C15H22N6O5S.C9H11NO2.C5H9NO4/c1-27(3-2-7(16)15(24)25)4-8-10(22)11(23)14(26-8)21-6-20-9-12(17)18-5-19-13(9)21;10-8(9(11)12)6-7-4-2-1-3-5-7;6-3(5(9)10)1-2-4(7)8/h5-8,10-11,14,22-23H,2-4,16H2,1H3,(H2-,17,18,19,24,25);1-5,8H,6,10H2,(H,11,12);3H,1-2,6H2,(H,7,8)(H,9,10)/p+1/t7-,8+,10+,11+,14+,27?;8-;3-/m000/s1. The number of nitrogens with two attached hydrogens (primary N) is 4. The first-order valence-electron chi connectivity index (χ1n) is 14.8. The molecule has 1 unspecified atom stereocenters. The quantitative estimate of drug-likeness (QED) is 0.0807. The molecule has 1 aromatic carbocycles. The second kappa shape index (κ2) is 19.5. The van der Waals surface area contributed by atoms with Gasteiger partial charge in [-0.2, -0.15) is 0 Å². The number of ether oxygens (including phenoxy) is 1. The van der Waals surface area contributed by atoms with E-state index in [1.165, 1.54) is 17.2 Å². The monoisotopic (exact) mass is 711 g/mol. The Bertz CT molecular complexity index is 1530. The van der Waals surface area contributed by atoms with Crippen LogP contribution in [0, 0.1) is 0 Å². The number of rotatable bonds is 14. The highest BCUT2D eigenvalue weighted by atomic mass is 32.2. The van der Waals surface area contributed by atoms with Gasteiger partial charge in [-0.15, -0.1) is 0 Å². The van der Waals surface area contributed by atoms with Gasteiger partial charge in [0.05, 0.1) is 12.6 Å². The van der Waals surface area contributed by atoms with Crippen LogP contribution >= 0.6 is 0 Å². The molecule has 270 valence electrons. The van der Waals surface area contributed by atoms with Gasteiger partial charge in [-0.3, -0.25) is 23.7 Å². The lowest BCUT2D eigenvalue weighted by Crippen LogP contribution is -2.37. The molecular formula is C29H43N8O11S+. The van der Waals surface area contributed by atoms with Crippen molar-refractivity contribution in [2.24, 2.45) is 17.2 Å². The lowest BCUT2D eigenvalue weighted by molar-refractivity contribution is -0.140. The van der Waals surface area contributed by atoms with Crippen molar-refractivity contribution >= 4 is 51.8 Å². The van der Waals surface area contributed by atoms with Crippen molar-refractivity contribution in [3.63, 3.8) is 0 Å². The molecule has 14 N–H and O–H groups in total. The summed E-state index contributed by atoms with van der Waals surface area (Å²) in [7, 11) is -0.235. The van der Waals surface area contributed by atoms with E-state index in [0.717, 1.165) is 5.56 Å². The topological polar surface area (TPSA) is 347 Å². The molecule has 19 nitrogen and oxygen atoms in total. The van der Waals surface area contributed by atoms with E-state index < -0.39 is 66.5 Å². The molecule has 3 aromatic rings. The number of nitrogens with zero attached hydrogens (tertiary/aromatic N) is 4. The number of aliphatic carboxylic acids is 4. The second-order valence-electron chi connectivity index (χ2n) is 11.0. The zero-order chi connectivity index (χ0) is 36.8. The summed E-state index contributed by atoms with van der Waals surface area (Å²) in [6.45, 7) is 0. The van der Waals surface area contributed by atoms with Crippen LogP contribution in [-0.2, 0) is 41.2 Å². The first kappa shape index (κ1) is 40.7. The number of carboxylic acid groups (broad SMARTS) is 4. The smallest absolute Gasteiger partial charge is 0.320 e. The largest absolute Gasteiger partial charge is 0.481 e. The predicted molar refractivity (Wildman–Crippen MR) is 177 cm³/mol. The summed E-state index contributed by atoms with van der Waals surface area (Å²) in [5.41, 5.74) is 23.4. The molecule has 1 aliphatic heterocycles. The summed E-state index contributed by atoms with van der Waals surface area (Å²) in [6, 6.07) is 6.58. The van der Waals surface area contributed by atoms with Crippen LogP contribution in [-0.4, -0.2) is 128 Å². The predicted octanol–water partition coefficient (Wildman–Crippen LogP) is -2.02. The zero-order valence-electron chi connectivity index (χ0n) is 26.6. The van der Waals surface area contributed by atoms with E-state index in [-0.39, 0.29) is 29.6 Å². The summed E-state index contributed by atoms with van der Waals surface area (Å²) in [5, 5.41) is 54.5. The fraction of sp³-hybridized carbons (Fsp3) is 0.483. The van der Waals surface area contributed by atoms with Gasteiger partial charge in [0.15, 0.2) is 17.7 Å². The number of benzene rings is 1. The van der Waals surface area contributed by atoms with Crippen molar-refractivity contribution in [2.45, 2.75) is 68.3 Å². The van der Waals surface area contributed by atoms with E-state index in [0.29, 0.717) is 35.5 Å². The fourth-order valence-corrected chi connectivity index (χ4v) is 5.99. The van der Waals surface area contributed by atoms with Crippen LogP contribution in [0.2, 0.25) is 0 Å². The molecule has 2 aromatic heterocycles. The molecule has 49 heavy (non-hydrogen) atoms. The van der Waals surface area contributed by atoms with Crippen molar-refractivity contribution in [1.29, 1.82) is 0 Å². The number of hydrogen-bond acceptors (Lipinski definition) is 14. The number of imidazole rings is 1. The lowest BCUT2D eigenvalue weighted by atomic mass is 10.1. The molecule has 1 fully saturated rings. The maximum Gasteiger partial charge on any atom is 0.320 e. The Hall–Kier alpha value is -4.44. The van der Waals surface area contributed by atoms with Crippen LogP contribution in [0.15, 0.2) is 43.0 Å². The molecule has 0 bridgehead atoms. The maximum atomic E-state index is 10.8. The Morgan fingerprint density at radius 1 is 0.878 bits per heavy atom. The highest BCUT2D eigenvalue weighted by Gasteiger charge is 2.46. The Labute approximate surface area is 283 Å². The highest BCUT2D eigenvalue weighted by molar-refractivity contribution is 7.96. The van der Waals surface area contributed by atoms with E-state index in [1.807, 2.05) is 36.6 Å². The summed E-state index contributed by atoms with van der Waals surface area (Å²) in [6.07, 6.45) is 1.47. The normalized spacial score (nSPS) is 20.9. The molecule has 1 saturated heterocycles. The first-order chi connectivity index (χ1) is 23.0. The number of aliphatic hydroxyl groups excluding tert-OH is 2. The third-order valence-electron chi connectivity index (χ3n) is 7.14. The third kappa shape index (κ3) is 12.8. The Kier molecular flexibility index (Phi) is 16.2. The molecule has 8 atom stereocenters. The van der Waals surface area contributed by atoms with Crippen LogP contribution < -0.4 is 22.9 Å². The molecule has 3 heterocycles. The summed E-state index contributed by atoms with van der Waals surface area (Å²) >= 11 is 0. The number of nitrogen functional groups attached to an aromatic ring is 1. The van der Waals surface area contributed by atoms with E-state index in [1.54, 1.807) is 0 Å². The minimum absolute atomic E-state index is 0.0231. The van der Waals surface area contributed by atoms with E-state index in [2.05, 4.69) is 15.0 Å². The van der Waals surface area contributed by atoms with Gasteiger partial charge >= 0.3 is 23.9 Å². The lowest BCUT2D eigenvalue weighted by Gasteiger charge is -2.16. The summed E-state index contributed by atoms with van der Waals surface area (Å²) in [5.74, 6) is -2.90. The van der Waals surface area contributed by atoms with Crippen LogP contribution in [0.5, 0.6) is 0 Å². The van der Waals surface area contributed by atoms with Gasteiger partial charge in [0.1, 0.15) is 59.8 Å². The fourth-order valence-electron chi connectivity index (χ4n) is 4.33. The number of aromatic nitrogens is 4. The zero-order valence-corrected chi connectivity index (χ0v) is 27.4. The minimum Gasteiger partial charge on any atom is -0.481 e. The van der Waals surface area contributed by atoms with Crippen molar-refractivity contribution in [2.75, 3.05) is 23.5 Å². The van der Waals surface area contributed by atoms with Crippen LogP contribution in [0.3, 0.4) is 0 Å². The summed E-state index contributed by atoms with van der Waals surface area (Å²) < 4.78 is 7.41. The third-order valence-corrected chi connectivity index (χ3v) is 8.97. The molecule has 0 saturated carbocycles. The minimum atomic E-state index is -1.17. The SMILES string of the molecule is C[S+](CC[C@H](N)C(=O)O)C[C@H]1O[C@@H](n2cnc3c(N)ncnc32)[C@H](O)[C@@H]1O.N[C@@H](CCC(=O)O)C(=O)O.N[C@@H](Cc1ccccc1)C(=O)O. The van der Waals surface area contributed by atoms with Gasteiger partial charge in [-0.1, -0.05) is 30.3 Å². The van der Waals surface area contributed by atoms with Gasteiger partial charge in [-0.25, -0.2) is 15.0 Å². The number of anilines is 1. The molecule has 0 spiro atoms. The molecule has 20 heteroatoms. The number of hydrogen-bond donors (Lipinski definition) is 10. The Morgan fingerprint density at radius 3 is 2.04 bits per heavy atom. The number of aliphatic hydroxyl groups is 2. The van der Waals surface area contributed by atoms with Gasteiger partial charge in [0.2, 0.25) is 0 Å². The molecule has 4 rings (SSSR count). The summed E-state index contributed by atoms with van der Waals surface area (Å²) in [4.78, 5) is 53.2. The Morgan fingerprint density at radius 2 is 1.47 bits per heavy atom. The first-order valence-corrected chi connectivity index (χ1v) is 16.7. The van der Waals surface area contributed by atoms with Gasteiger partial charge in [-0.05, 0) is 29.3 Å². The molecular weight excluding hydrogens is 668 g/mol. The number of carboxylic acids is 4. The van der Waals surface area contributed by atoms with Crippen molar-refractivity contribution < 1.29 is 54.6 Å². The van der Waals surface area contributed by atoms with Crippen molar-refractivity contribution in [1.82, 2.24) is 19.5 Å². The maximum absolute atomic E-state index is 10.8. The van der Waals surface area contributed by atoms with Gasteiger partial charge in [0, 0.05) is 12.8 Å². The van der Waals surface area contributed by atoms with E-state index in [4.69, 9.17) is 48.1 Å². The van der Waals surface area contributed by atoms with Crippen LogP contribution in [0.1, 0.15) is 31.1 Å². The average molecular weight is 712 g/mol. The van der Waals surface area contributed by atoms with Crippen molar-refractivity contribution in [3.8, 4) is 0 Å². The van der Waals surface area contributed by atoms with Crippen LogP contribution in [0.25, 0.3) is 11.2 Å². The van der Waals surface area contributed by atoms with E-state index >= 15 is 0 Å². The highest BCUT2D eigenvalue weighted by Crippen LogP contribution is 2.32. The van der Waals surface area contributed by atoms with Gasteiger partial charge < -0.3 is 58.3 Å². The van der Waals surface area contributed by atoms with Crippen LogP contribution in [0.4, 0.5) is 5.82 Å². The molecule has 0 aliphatic carbocycles. The molecule has 0 amide bonds. The molecule has 1 aliphatic rings. The van der Waals surface area contributed by atoms with Gasteiger partial charge in [0.25, 0.3) is 0 Å². The van der Waals surface area contributed by atoms with Crippen molar-refractivity contribution in [3.05, 3.63) is 48.5 Å². The average Bonchev–Trinajstić information content (AvgIpc) is 3.60.